The molecule has 0 aliphatic carbocycles. The highest BCUT2D eigenvalue weighted by Gasteiger charge is 2.17. The third-order valence-corrected chi connectivity index (χ3v) is 2.61. The van der Waals surface area contributed by atoms with E-state index in [1.54, 1.807) is 18.2 Å². The van der Waals surface area contributed by atoms with Gasteiger partial charge in [-0.3, -0.25) is 4.79 Å². The smallest absolute Gasteiger partial charge is 0.300 e. The minimum atomic E-state index is -2.97. The summed E-state index contributed by atoms with van der Waals surface area (Å²) in [7, 11) is 0. The van der Waals surface area contributed by atoms with Gasteiger partial charge in [0.25, 0.3) is 0 Å². The quantitative estimate of drug-likeness (QED) is 0.773. The molecule has 0 saturated carbocycles. The van der Waals surface area contributed by atoms with Crippen LogP contribution in [0, 0.1) is 0 Å². The number of halogens is 2. The summed E-state index contributed by atoms with van der Waals surface area (Å²) in [4.78, 5) is 11.2. The van der Waals surface area contributed by atoms with Gasteiger partial charge < -0.3 is 4.74 Å². The number of Topliss-reactive ketones (excluding diaryl/α,β-unsaturated/α-hetero) is 1. The molecule has 0 spiro atoms. The highest BCUT2D eigenvalue weighted by molar-refractivity contribution is 6.01. The molecule has 0 fully saturated rings. The van der Waals surface area contributed by atoms with Crippen LogP contribution < -0.4 is 4.74 Å². The van der Waals surface area contributed by atoms with E-state index in [1.165, 1.54) is 12.1 Å². The monoisotopic (exact) mass is 250 g/mol. The number of carbonyl (C=O) groups excluding carboxylic acids is 1. The van der Waals surface area contributed by atoms with Crippen LogP contribution in [0.5, 0.6) is 5.75 Å². The second-order valence-corrected chi connectivity index (χ2v) is 3.82. The van der Waals surface area contributed by atoms with Crippen LogP contribution in [-0.4, -0.2) is 18.8 Å². The van der Waals surface area contributed by atoms with Crippen molar-refractivity contribution in [1.29, 1.82) is 0 Å². The Balaban J connectivity index is 2.41. The molecule has 2 aromatic carbocycles. The van der Waals surface area contributed by atoms with Crippen LogP contribution >= 0.6 is 0 Å². The number of ether oxygens (including phenoxy) is 1. The molecule has 2 aromatic rings. The molecule has 0 saturated heterocycles. The first-order valence-corrected chi connectivity index (χ1v) is 5.61. The van der Waals surface area contributed by atoms with Gasteiger partial charge in [0.05, 0.1) is 6.61 Å². The largest absolute Gasteiger partial charge is 0.494 e. The maximum atomic E-state index is 12.3. The zero-order valence-corrected chi connectivity index (χ0v) is 9.82. The molecular formula is C14H12F2O2. The van der Waals surface area contributed by atoms with Gasteiger partial charge in [0.15, 0.2) is 0 Å². The van der Waals surface area contributed by atoms with Crippen molar-refractivity contribution in [3.05, 3.63) is 42.0 Å². The van der Waals surface area contributed by atoms with Gasteiger partial charge in [0, 0.05) is 5.56 Å². The number of ketones is 1. The number of benzene rings is 2. The molecule has 2 nitrogen and oxygen atoms in total. The lowest BCUT2D eigenvalue weighted by molar-refractivity contribution is 0.0679. The van der Waals surface area contributed by atoms with Crippen molar-refractivity contribution in [2.24, 2.45) is 0 Å². The number of hydrogen-bond acceptors (Lipinski definition) is 2. The molecule has 0 aliphatic heterocycles. The molecule has 2 rings (SSSR count). The first-order valence-electron chi connectivity index (χ1n) is 5.61. The zero-order chi connectivity index (χ0) is 13.1. The van der Waals surface area contributed by atoms with Crippen molar-refractivity contribution in [2.75, 3.05) is 6.61 Å². The van der Waals surface area contributed by atoms with Crippen LogP contribution in [0.15, 0.2) is 36.4 Å². The van der Waals surface area contributed by atoms with Crippen LogP contribution in [0.25, 0.3) is 10.8 Å². The summed E-state index contributed by atoms with van der Waals surface area (Å²) in [5.41, 5.74) is 0.0293. The molecule has 0 aliphatic rings. The van der Waals surface area contributed by atoms with E-state index in [4.69, 9.17) is 4.74 Å². The zero-order valence-electron chi connectivity index (χ0n) is 9.82. The van der Waals surface area contributed by atoms with Crippen molar-refractivity contribution in [3.8, 4) is 5.75 Å². The Labute approximate surface area is 103 Å². The van der Waals surface area contributed by atoms with Crippen molar-refractivity contribution in [3.63, 3.8) is 0 Å². The molecule has 18 heavy (non-hydrogen) atoms. The van der Waals surface area contributed by atoms with Crippen molar-refractivity contribution < 1.29 is 18.3 Å². The molecule has 0 bridgehead atoms. The lowest BCUT2D eigenvalue weighted by Gasteiger charge is -2.06. The van der Waals surface area contributed by atoms with E-state index in [1.807, 2.05) is 13.0 Å². The van der Waals surface area contributed by atoms with Crippen LogP contribution in [-0.2, 0) is 0 Å². The second-order valence-electron chi connectivity index (χ2n) is 3.82. The van der Waals surface area contributed by atoms with Gasteiger partial charge in [-0.15, -0.1) is 0 Å². The van der Waals surface area contributed by atoms with E-state index >= 15 is 0 Å². The number of fused-ring (bicyclic) bond motifs is 1. The summed E-state index contributed by atoms with van der Waals surface area (Å²) in [6.45, 7) is 2.45. The van der Waals surface area contributed by atoms with Gasteiger partial charge in [0.1, 0.15) is 5.75 Å². The fourth-order valence-corrected chi connectivity index (χ4v) is 1.76. The normalized spacial score (nSPS) is 10.9. The van der Waals surface area contributed by atoms with Crippen LogP contribution in [0.4, 0.5) is 8.78 Å². The van der Waals surface area contributed by atoms with Gasteiger partial charge in [-0.25, -0.2) is 8.78 Å². The van der Waals surface area contributed by atoms with Gasteiger partial charge in [-0.2, -0.15) is 0 Å². The number of alkyl halides is 2. The van der Waals surface area contributed by atoms with E-state index in [-0.39, 0.29) is 5.56 Å². The van der Waals surface area contributed by atoms with Gasteiger partial charge in [-0.05, 0) is 35.9 Å². The SMILES string of the molecule is CCOc1ccc2cc(C(=O)C(F)F)ccc2c1. The Morgan fingerprint density at radius 1 is 1.17 bits per heavy atom. The van der Waals surface area contributed by atoms with Crippen LogP contribution in [0.2, 0.25) is 0 Å². The fourth-order valence-electron chi connectivity index (χ4n) is 1.76. The topological polar surface area (TPSA) is 26.3 Å². The van der Waals surface area contributed by atoms with Crippen LogP contribution in [0.1, 0.15) is 17.3 Å². The maximum Gasteiger partial charge on any atom is 0.300 e. The van der Waals surface area contributed by atoms with Crippen molar-refractivity contribution >= 4 is 16.6 Å². The highest BCUT2D eigenvalue weighted by atomic mass is 19.3. The van der Waals surface area contributed by atoms with E-state index in [9.17, 15) is 13.6 Å². The van der Waals surface area contributed by atoms with Crippen molar-refractivity contribution in [2.45, 2.75) is 13.3 Å². The molecule has 0 aromatic heterocycles. The lowest BCUT2D eigenvalue weighted by atomic mass is 10.0. The first-order chi connectivity index (χ1) is 8.61. The summed E-state index contributed by atoms with van der Waals surface area (Å²) in [5.74, 6) is -0.427. The Bertz CT molecular complexity index is 579. The summed E-state index contributed by atoms with van der Waals surface area (Å²) >= 11 is 0. The molecule has 0 unspecified atom stereocenters. The minimum absolute atomic E-state index is 0.0293. The highest BCUT2D eigenvalue weighted by Crippen LogP contribution is 2.23. The van der Waals surface area contributed by atoms with Gasteiger partial charge in [-0.1, -0.05) is 18.2 Å². The average Bonchev–Trinajstić information content (AvgIpc) is 2.37. The second kappa shape index (κ2) is 5.12. The summed E-state index contributed by atoms with van der Waals surface area (Å²) in [5, 5.41) is 1.59. The molecule has 0 N–H and O–H groups in total. The molecule has 4 heteroatoms. The van der Waals surface area contributed by atoms with Gasteiger partial charge in [0.2, 0.25) is 5.78 Å². The Hall–Kier alpha value is -1.97. The van der Waals surface area contributed by atoms with E-state index < -0.39 is 12.2 Å². The van der Waals surface area contributed by atoms with E-state index in [0.29, 0.717) is 6.61 Å². The number of carbonyl (C=O) groups is 1. The Morgan fingerprint density at radius 3 is 2.50 bits per heavy atom. The third kappa shape index (κ3) is 2.47. The molecule has 0 radical (unpaired) electrons. The summed E-state index contributed by atoms with van der Waals surface area (Å²) in [6.07, 6.45) is -2.97. The standard InChI is InChI=1S/C14H12F2O2/c1-2-18-12-6-5-9-7-11(13(17)14(15)16)4-3-10(9)8-12/h3-8,14H,2H2,1H3. The lowest BCUT2D eigenvalue weighted by Crippen LogP contribution is -2.09. The predicted octanol–water partition coefficient (Wildman–Crippen LogP) is 3.69. The minimum Gasteiger partial charge on any atom is -0.494 e. The number of hydrogen-bond donors (Lipinski definition) is 0. The maximum absolute atomic E-state index is 12.3. The summed E-state index contributed by atoms with van der Waals surface area (Å²) in [6, 6.07) is 9.85. The molecule has 0 atom stereocenters. The molecule has 94 valence electrons. The Morgan fingerprint density at radius 2 is 1.83 bits per heavy atom. The summed E-state index contributed by atoms with van der Waals surface area (Å²) < 4.78 is 30.0. The van der Waals surface area contributed by atoms with Crippen LogP contribution in [0.3, 0.4) is 0 Å². The van der Waals surface area contributed by atoms with Crippen molar-refractivity contribution in [1.82, 2.24) is 0 Å². The Kier molecular flexibility index (Phi) is 3.55. The first kappa shape index (κ1) is 12.5. The molecular weight excluding hydrogens is 238 g/mol. The fraction of sp³-hybridized carbons (Fsp3) is 0.214. The predicted molar refractivity (Wildman–Crippen MR) is 65.5 cm³/mol. The third-order valence-electron chi connectivity index (χ3n) is 2.61. The van der Waals surface area contributed by atoms with E-state index in [0.717, 1.165) is 16.5 Å². The number of rotatable bonds is 4. The average molecular weight is 250 g/mol. The van der Waals surface area contributed by atoms with E-state index in [2.05, 4.69) is 0 Å². The van der Waals surface area contributed by atoms with Gasteiger partial charge >= 0.3 is 6.43 Å². The molecule has 0 heterocycles. The molecule has 0 amide bonds.